The van der Waals surface area contributed by atoms with E-state index in [2.05, 4.69) is 0 Å². The second kappa shape index (κ2) is 2.48. The van der Waals surface area contributed by atoms with Crippen LogP contribution in [0, 0.1) is 0 Å². The zero-order valence-corrected chi connectivity index (χ0v) is 6.47. The third kappa shape index (κ3) is 2.64. The maximum atomic E-state index is 10.2. The summed E-state index contributed by atoms with van der Waals surface area (Å²) in [5.41, 5.74) is 0. The Labute approximate surface area is 59.9 Å². The van der Waals surface area contributed by atoms with Crippen LogP contribution in [-0.2, 0) is 14.9 Å². The molecular weight excluding hydrogens is 156 g/mol. The molecular formula is C5H10O4S. The van der Waals surface area contributed by atoms with Crippen molar-refractivity contribution in [1.82, 2.24) is 0 Å². The van der Waals surface area contributed by atoms with E-state index in [-0.39, 0.29) is 18.0 Å². The Morgan fingerprint density at radius 3 is 2.40 bits per heavy atom. The van der Waals surface area contributed by atoms with Gasteiger partial charge in [-0.25, -0.2) is 0 Å². The lowest BCUT2D eigenvalue weighted by Crippen LogP contribution is -2.06. The Morgan fingerprint density at radius 1 is 1.60 bits per heavy atom. The highest BCUT2D eigenvalue weighted by Crippen LogP contribution is 2.24. The van der Waals surface area contributed by atoms with Crippen molar-refractivity contribution in [2.75, 3.05) is 5.75 Å². The van der Waals surface area contributed by atoms with Gasteiger partial charge in [0.25, 0.3) is 10.1 Å². The van der Waals surface area contributed by atoms with Crippen molar-refractivity contribution in [2.24, 2.45) is 0 Å². The molecule has 1 fully saturated rings. The lowest BCUT2D eigenvalue weighted by atomic mass is 10.3. The van der Waals surface area contributed by atoms with Crippen molar-refractivity contribution in [3.8, 4) is 0 Å². The van der Waals surface area contributed by atoms with Gasteiger partial charge in [0.05, 0.1) is 18.0 Å². The molecule has 0 aliphatic carbocycles. The van der Waals surface area contributed by atoms with Crippen molar-refractivity contribution in [3.63, 3.8) is 0 Å². The van der Waals surface area contributed by atoms with Gasteiger partial charge in [0.2, 0.25) is 0 Å². The second-order valence-electron chi connectivity index (χ2n) is 2.45. The smallest absolute Gasteiger partial charge is 0.264 e. The highest BCUT2D eigenvalue weighted by atomic mass is 32.2. The molecule has 5 heteroatoms. The van der Waals surface area contributed by atoms with Crippen LogP contribution in [0.3, 0.4) is 0 Å². The zero-order valence-electron chi connectivity index (χ0n) is 5.65. The van der Waals surface area contributed by atoms with E-state index in [4.69, 9.17) is 9.29 Å². The van der Waals surface area contributed by atoms with Crippen LogP contribution >= 0.6 is 0 Å². The van der Waals surface area contributed by atoms with Crippen molar-refractivity contribution in [1.29, 1.82) is 0 Å². The van der Waals surface area contributed by atoms with E-state index in [0.717, 1.165) is 0 Å². The molecule has 2 atom stereocenters. The van der Waals surface area contributed by atoms with E-state index < -0.39 is 10.1 Å². The van der Waals surface area contributed by atoms with Crippen LogP contribution in [0.15, 0.2) is 0 Å². The molecule has 0 aromatic rings. The molecule has 0 saturated carbocycles. The van der Waals surface area contributed by atoms with Crippen LogP contribution in [0.4, 0.5) is 0 Å². The van der Waals surface area contributed by atoms with Gasteiger partial charge in [-0.05, 0) is 13.3 Å². The summed E-state index contributed by atoms with van der Waals surface area (Å²) in [6.07, 6.45) is 0.615. The summed E-state index contributed by atoms with van der Waals surface area (Å²) in [7, 11) is -3.78. The molecule has 1 rings (SSSR count). The quantitative estimate of drug-likeness (QED) is 0.475. The molecule has 0 amide bonds. The number of epoxide rings is 1. The normalized spacial score (nSPS) is 32.2. The molecule has 1 aliphatic heterocycles. The molecule has 1 saturated heterocycles. The van der Waals surface area contributed by atoms with Gasteiger partial charge < -0.3 is 4.74 Å². The summed E-state index contributed by atoms with van der Waals surface area (Å²) in [4.78, 5) is 0. The van der Waals surface area contributed by atoms with E-state index in [1.54, 1.807) is 0 Å². The second-order valence-corrected chi connectivity index (χ2v) is 4.03. The Kier molecular flexibility index (Phi) is 1.98. The summed E-state index contributed by atoms with van der Waals surface area (Å²) in [6.45, 7) is 1.87. The molecule has 1 heterocycles. The minimum Gasteiger partial charge on any atom is -0.370 e. The molecule has 0 aromatic heterocycles. The van der Waals surface area contributed by atoms with E-state index >= 15 is 0 Å². The first-order chi connectivity index (χ1) is 4.49. The Balaban J connectivity index is 2.18. The average molecular weight is 166 g/mol. The van der Waals surface area contributed by atoms with Crippen molar-refractivity contribution >= 4 is 10.1 Å². The molecule has 4 nitrogen and oxygen atoms in total. The van der Waals surface area contributed by atoms with Gasteiger partial charge in [0, 0.05) is 0 Å². The maximum absolute atomic E-state index is 10.2. The van der Waals surface area contributed by atoms with Crippen molar-refractivity contribution in [3.05, 3.63) is 0 Å². The van der Waals surface area contributed by atoms with E-state index in [9.17, 15) is 8.42 Å². The number of ether oxygens (including phenoxy) is 1. The molecule has 1 aliphatic rings. The first kappa shape index (κ1) is 7.97. The largest absolute Gasteiger partial charge is 0.370 e. The molecule has 60 valence electrons. The Bertz CT molecular complexity index is 208. The molecule has 10 heavy (non-hydrogen) atoms. The standard InChI is InChI=1S/C5H10O4S/c1-4-5(9-4)2-3-10(6,7)8/h4-5H,2-3H2,1H3,(H,6,7,8). The third-order valence-corrected chi connectivity index (χ3v) is 2.25. The Hall–Kier alpha value is -0.130. The van der Waals surface area contributed by atoms with Crippen LogP contribution in [0.2, 0.25) is 0 Å². The fraction of sp³-hybridized carbons (Fsp3) is 1.00. The fourth-order valence-corrected chi connectivity index (χ4v) is 1.33. The van der Waals surface area contributed by atoms with Crippen LogP contribution in [0.25, 0.3) is 0 Å². The maximum Gasteiger partial charge on any atom is 0.264 e. The number of hydrogen-bond acceptors (Lipinski definition) is 3. The lowest BCUT2D eigenvalue weighted by molar-refractivity contribution is 0.373. The monoisotopic (exact) mass is 166 g/mol. The molecule has 1 N–H and O–H groups in total. The van der Waals surface area contributed by atoms with Gasteiger partial charge in [0.15, 0.2) is 0 Å². The molecule has 0 bridgehead atoms. The van der Waals surface area contributed by atoms with E-state index in [1.807, 2.05) is 6.92 Å². The molecule has 2 unspecified atom stereocenters. The topological polar surface area (TPSA) is 66.9 Å². The van der Waals surface area contributed by atoms with Crippen LogP contribution in [-0.4, -0.2) is 30.9 Å². The third-order valence-electron chi connectivity index (χ3n) is 1.50. The van der Waals surface area contributed by atoms with Crippen LogP contribution < -0.4 is 0 Å². The summed E-state index contributed by atoms with van der Waals surface area (Å²) in [5, 5.41) is 0. The van der Waals surface area contributed by atoms with Gasteiger partial charge in [0.1, 0.15) is 0 Å². The number of hydrogen-bond donors (Lipinski definition) is 1. The van der Waals surface area contributed by atoms with Gasteiger partial charge in [-0.2, -0.15) is 8.42 Å². The summed E-state index contributed by atoms with van der Waals surface area (Å²) >= 11 is 0. The van der Waals surface area contributed by atoms with E-state index in [1.165, 1.54) is 0 Å². The van der Waals surface area contributed by atoms with Gasteiger partial charge in [-0.3, -0.25) is 4.55 Å². The minimum atomic E-state index is -3.78. The molecule has 0 spiro atoms. The highest BCUT2D eigenvalue weighted by Gasteiger charge is 2.34. The first-order valence-electron chi connectivity index (χ1n) is 3.09. The SMILES string of the molecule is CC1OC1CCS(=O)(=O)O. The highest BCUT2D eigenvalue weighted by molar-refractivity contribution is 7.85. The number of rotatable bonds is 3. The molecule has 0 radical (unpaired) electrons. The van der Waals surface area contributed by atoms with Gasteiger partial charge in [-0.1, -0.05) is 0 Å². The van der Waals surface area contributed by atoms with Gasteiger partial charge >= 0.3 is 0 Å². The zero-order chi connectivity index (χ0) is 7.78. The van der Waals surface area contributed by atoms with Crippen LogP contribution in [0.5, 0.6) is 0 Å². The Morgan fingerprint density at radius 2 is 2.10 bits per heavy atom. The van der Waals surface area contributed by atoms with Gasteiger partial charge in [-0.15, -0.1) is 0 Å². The van der Waals surface area contributed by atoms with E-state index in [0.29, 0.717) is 6.42 Å². The summed E-state index contributed by atoms with van der Waals surface area (Å²) in [5.74, 6) is -0.192. The minimum absolute atomic E-state index is 0.0434. The molecule has 0 aromatic carbocycles. The lowest BCUT2D eigenvalue weighted by Gasteiger charge is -1.90. The fourth-order valence-electron chi connectivity index (χ4n) is 0.798. The van der Waals surface area contributed by atoms with Crippen LogP contribution in [0.1, 0.15) is 13.3 Å². The van der Waals surface area contributed by atoms with Crippen molar-refractivity contribution < 1.29 is 17.7 Å². The average Bonchev–Trinajstić information content (AvgIpc) is 2.40. The summed E-state index contributed by atoms with van der Waals surface area (Å²) < 4.78 is 33.6. The first-order valence-corrected chi connectivity index (χ1v) is 4.70. The summed E-state index contributed by atoms with van der Waals surface area (Å²) in [6, 6.07) is 0. The van der Waals surface area contributed by atoms with Crippen molar-refractivity contribution in [2.45, 2.75) is 25.6 Å². The predicted octanol–water partition coefficient (Wildman–Crippen LogP) is 0.0516. The predicted molar refractivity (Wildman–Crippen MR) is 35.4 cm³/mol.